The van der Waals surface area contributed by atoms with Gasteiger partial charge in [-0.2, -0.15) is 0 Å². The van der Waals surface area contributed by atoms with Crippen LogP contribution in [-0.4, -0.2) is 22.9 Å². The molecule has 0 aliphatic rings. The van der Waals surface area contributed by atoms with E-state index in [1.165, 1.54) is 13.3 Å². The van der Waals surface area contributed by atoms with Gasteiger partial charge >= 0.3 is 6.09 Å². The number of methoxy groups -OCH3 is 1. The number of rotatable bonds is 1. The van der Waals surface area contributed by atoms with Crippen molar-refractivity contribution in [3.8, 4) is 5.75 Å². The Morgan fingerprint density at radius 3 is 2.87 bits per heavy atom. The Morgan fingerprint density at radius 2 is 2.27 bits per heavy atom. The van der Waals surface area contributed by atoms with E-state index in [0.29, 0.717) is 17.0 Å². The minimum absolute atomic E-state index is 0.422. The summed E-state index contributed by atoms with van der Waals surface area (Å²) in [5.41, 5.74) is 6.67. The molecule has 5 heteroatoms. The van der Waals surface area contributed by atoms with Crippen LogP contribution in [0.5, 0.6) is 5.75 Å². The molecular weight excluding hydrogens is 196 g/mol. The molecule has 1 heterocycles. The first-order valence-corrected chi connectivity index (χ1v) is 4.31. The first-order valence-electron chi connectivity index (χ1n) is 4.31. The number of ether oxygens (including phenoxy) is 1. The Morgan fingerprint density at radius 1 is 1.53 bits per heavy atom. The topological polar surface area (TPSA) is 77.5 Å². The zero-order valence-electron chi connectivity index (χ0n) is 8.10. The summed E-state index contributed by atoms with van der Waals surface area (Å²) >= 11 is 0. The van der Waals surface area contributed by atoms with Crippen LogP contribution in [0.4, 0.5) is 10.5 Å². The van der Waals surface area contributed by atoms with E-state index in [1.807, 2.05) is 0 Å². The van der Waals surface area contributed by atoms with Crippen LogP contribution >= 0.6 is 0 Å². The van der Waals surface area contributed by atoms with Crippen LogP contribution in [0, 0.1) is 0 Å². The van der Waals surface area contributed by atoms with E-state index in [1.54, 1.807) is 18.2 Å². The molecule has 15 heavy (non-hydrogen) atoms. The van der Waals surface area contributed by atoms with E-state index in [9.17, 15) is 4.79 Å². The highest BCUT2D eigenvalue weighted by Gasteiger charge is 2.09. The number of fused-ring (bicyclic) bond motifs is 1. The lowest BCUT2D eigenvalue weighted by atomic mass is 10.2. The Balaban J connectivity index is 2.73. The molecule has 0 fully saturated rings. The van der Waals surface area contributed by atoms with Gasteiger partial charge in [0, 0.05) is 11.6 Å². The first-order chi connectivity index (χ1) is 7.13. The fourth-order valence-corrected chi connectivity index (χ4v) is 1.52. The number of carboxylic acid groups (broad SMARTS) is 1. The Labute approximate surface area is 85.7 Å². The maximum absolute atomic E-state index is 10.8. The third-order valence-electron chi connectivity index (χ3n) is 2.25. The molecule has 0 atom stereocenters. The molecule has 78 valence electrons. The molecule has 0 aliphatic carbocycles. The molecule has 2 rings (SSSR count). The molecule has 5 nitrogen and oxygen atoms in total. The minimum Gasteiger partial charge on any atom is -0.495 e. The third-order valence-corrected chi connectivity index (χ3v) is 2.25. The van der Waals surface area contributed by atoms with Gasteiger partial charge in [0.05, 0.1) is 18.3 Å². The summed E-state index contributed by atoms with van der Waals surface area (Å²) in [4.78, 5) is 10.8. The lowest BCUT2D eigenvalue weighted by molar-refractivity contribution is 0.197. The van der Waals surface area contributed by atoms with Crippen LogP contribution in [0.2, 0.25) is 0 Å². The van der Waals surface area contributed by atoms with Crippen LogP contribution in [0.3, 0.4) is 0 Å². The number of nitrogens with two attached hydrogens (primary N) is 1. The van der Waals surface area contributed by atoms with Crippen molar-refractivity contribution in [1.82, 2.24) is 4.57 Å². The summed E-state index contributed by atoms with van der Waals surface area (Å²) in [5, 5.41) is 9.66. The summed E-state index contributed by atoms with van der Waals surface area (Å²) < 4.78 is 6.16. The average Bonchev–Trinajstić information content (AvgIpc) is 2.59. The fraction of sp³-hybridized carbons (Fsp3) is 0.100. The predicted octanol–water partition coefficient (Wildman–Crippen LogP) is 1.76. The van der Waals surface area contributed by atoms with Gasteiger partial charge in [-0.25, -0.2) is 4.79 Å². The van der Waals surface area contributed by atoms with Crippen molar-refractivity contribution >= 4 is 22.7 Å². The summed E-state index contributed by atoms with van der Waals surface area (Å²) in [6, 6.07) is 5.00. The van der Waals surface area contributed by atoms with Crippen molar-refractivity contribution < 1.29 is 14.6 Å². The molecule has 0 amide bonds. The molecule has 0 spiro atoms. The molecule has 3 N–H and O–H groups in total. The number of nitrogen functional groups attached to an aromatic ring is 1. The van der Waals surface area contributed by atoms with Gasteiger partial charge in [0.15, 0.2) is 0 Å². The highest BCUT2D eigenvalue weighted by molar-refractivity contribution is 5.92. The van der Waals surface area contributed by atoms with Crippen molar-refractivity contribution in [1.29, 1.82) is 0 Å². The molecular formula is C10H10N2O3. The SMILES string of the molecule is COc1cc2ccn(C(=O)O)c2cc1N. The quantitative estimate of drug-likeness (QED) is 0.697. The molecule has 0 unspecified atom stereocenters. The number of hydrogen-bond donors (Lipinski definition) is 2. The standard InChI is InChI=1S/C10H10N2O3/c1-15-9-4-6-2-3-12(10(13)14)8(6)5-7(9)11/h2-5H,11H2,1H3,(H,13,14). The average molecular weight is 206 g/mol. The van der Waals surface area contributed by atoms with Gasteiger partial charge < -0.3 is 15.6 Å². The van der Waals surface area contributed by atoms with Crippen LogP contribution in [0.25, 0.3) is 10.9 Å². The normalized spacial score (nSPS) is 10.5. The Bertz CT molecular complexity index is 531. The molecule has 0 radical (unpaired) electrons. The third kappa shape index (κ3) is 1.38. The second kappa shape index (κ2) is 3.20. The van der Waals surface area contributed by atoms with Gasteiger partial charge in [0.2, 0.25) is 0 Å². The lowest BCUT2D eigenvalue weighted by Crippen LogP contribution is -2.05. The van der Waals surface area contributed by atoms with E-state index in [0.717, 1.165) is 9.95 Å². The fourth-order valence-electron chi connectivity index (χ4n) is 1.52. The minimum atomic E-state index is -1.03. The smallest absolute Gasteiger partial charge is 0.416 e. The van der Waals surface area contributed by atoms with E-state index in [4.69, 9.17) is 15.6 Å². The number of anilines is 1. The maximum atomic E-state index is 10.8. The van der Waals surface area contributed by atoms with E-state index >= 15 is 0 Å². The molecule has 0 bridgehead atoms. The summed E-state index contributed by atoms with van der Waals surface area (Å²) in [6.45, 7) is 0. The molecule has 2 aromatic rings. The van der Waals surface area contributed by atoms with E-state index < -0.39 is 6.09 Å². The highest BCUT2D eigenvalue weighted by atomic mass is 16.5. The lowest BCUT2D eigenvalue weighted by Gasteiger charge is -2.05. The summed E-state index contributed by atoms with van der Waals surface area (Å²) in [5.74, 6) is 0.547. The summed E-state index contributed by atoms with van der Waals surface area (Å²) in [6.07, 6.45) is 0.445. The highest BCUT2D eigenvalue weighted by Crippen LogP contribution is 2.28. The van der Waals surface area contributed by atoms with Crippen molar-refractivity contribution in [2.45, 2.75) is 0 Å². The molecule has 0 aliphatic heterocycles. The first kappa shape index (κ1) is 9.39. The van der Waals surface area contributed by atoms with Gasteiger partial charge in [-0.3, -0.25) is 4.57 Å². The second-order valence-electron chi connectivity index (χ2n) is 3.12. The second-order valence-corrected chi connectivity index (χ2v) is 3.12. The predicted molar refractivity (Wildman–Crippen MR) is 56.3 cm³/mol. The van der Waals surface area contributed by atoms with Gasteiger partial charge in [0.25, 0.3) is 0 Å². The number of nitrogens with zero attached hydrogens (tertiary/aromatic N) is 1. The number of carbonyl (C=O) groups is 1. The van der Waals surface area contributed by atoms with Crippen LogP contribution in [0.15, 0.2) is 24.4 Å². The van der Waals surface area contributed by atoms with Crippen LogP contribution in [-0.2, 0) is 0 Å². The van der Waals surface area contributed by atoms with Gasteiger partial charge in [-0.05, 0) is 18.2 Å². The van der Waals surface area contributed by atoms with Gasteiger partial charge in [-0.1, -0.05) is 0 Å². The van der Waals surface area contributed by atoms with Crippen molar-refractivity contribution in [2.75, 3.05) is 12.8 Å². The molecule has 1 aromatic heterocycles. The largest absolute Gasteiger partial charge is 0.495 e. The zero-order valence-corrected chi connectivity index (χ0v) is 8.10. The van der Waals surface area contributed by atoms with Crippen LogP contribution < -0.4 is 10.5 Å². The Hall–Kier alpha value is -2.17. The van der Waals surface area contributed by atoms with Gasteiger partial charge in [-0.15, -0.1) is 0 Å². The number of hydrogen-bond acceptors (Lipinski definition) is 3. The zero-order chi connectivity index (χ0) is 11.0. The molecule has 1 aromatic carbocycles. The van der Waals surface area contributed by atoms with Crippen LogP contribution in [0.1, 0.15) is 0 Å². The van der Waals surface area contributed by atoms with Gasteiger partial charge in [0.1, 0.15) is 5.75 Å². The monoisotopic (exact) mass is 206 g/mol. The molecule has 0 saturated heterocycles. The van der Waals surface area contributed by atoms with E-state index in [-0.39, 0.29) is 0 Å². The maximum Gasteiger partial charge on any atom is 0.416 e. The number of aromatic nitrogens is 1. The Kier molecular flexibility index (Phi) is 2.00. The van der Waals surface area contributed by atoms with E-state index in [2.05, 4.69) is 0 Å². The molecule has 0 saturated carbocycles. The van der Waals surface area contributed by atoms with Crippen molar-refractivity contribution in [2.24, 2.45) is 0 Å². The van der Waals surface area contributed by atoms with Crippen molar-refractivity contribution in [3.63, 3.8) is 0 Å². The number of benzene rings is 1. The van der Waals surface area contributed by atoms with Crippen molar-refractivity contribution in [3.05, 3.63) is 24.4 Å². The summed E-state index contributed by atoms with van der Waals surface area (Å²) in [7, 11) is 1.52.